The third-order valence-corrected chi connectivity index (χ3v) is 5.06. The van der Waals surface area contributed by atoms with Crippen LogP contribution in [0.3, 0.4) is 0 Å². The van der Waals surface area contributed by atoms with E-state index >= 15 is 0 Å². The molecule has 0 atom stereocenters. The second-order valence-electron chi connectivity index (χ2n) is 5.64. The molecule has 1 heterocycles. The number of aromatic nitrogens is 2. The van der Waals surface area contributed by atoms with Crippen LogP contribution in [0.5, 0.6) is 0 Å². The topological polar surface area (TPSA) is 125 Å². The van der Waals surface area contributed by atoms with Crippen molar-refractivity contribution >= 4 is 45.2 Å². The molecule has 2 aromatic rings. The van der Waals surface area contributed by atoms with Gasteiger partial charge in [-0.25, -0.2) is 13.8 Å². The lowest BCUT2D eigenvalue weighted by atomic mass is 10.3. The predicted molar refractivity (Wildman–Crippen MR) is 101 cm³/mol. The molecule has 0 bridgehead atoms. The highest BCUT2D eigenvalue weighted by atomic mass is 79.9. The fourth-order valence-electron chi connectivity index (χ4n) is 2.04. The number of thioether (sulfide) groups is 1. The van der Waals surface area contributed by atoms with Crippen LogP contribution in [0, 0.1) is 5.82 Å². The van der Waals surface area contributed by atoms with Gasteiger partial charge in [0.15, 0.2) is 10.7 Å². The van der Waals surface area contributed by atoms with E-state index in [-0.39, 0.29) is 22.0 Å². The first-order valence-electron chi connectivity index (χ1n) is 8.01. The van der Waals surface area contributed by atoms with Crippen molar-refractivity contribution in [3.8, 4) is 0 Å². The lowest BCUT2D eigenvalue weighted by Gasteiger charge is -2.08. The molecule has 1 aliphatic carbocycles. The van der Waals surface area contributed by atoms with E-state index in [1.54, 1.807) is 0 Å². The van der Waals surface area contributed by atoms with Gasteiger partial charge in [0.2, 0.25) is 5.84 Å². The summed E-state index contributed by atoms with van der Waals surface area (Å²) in [5.41, 5.74) is 0.679. The third kappa shape index (κ3) is 5.57. The maximum absolute atomic E-state index is 13.3. The molecule has 4 N–H and O–H groups in total. The molecule has 9 nitrogen and oxygen atoms in total. The second kappa shape index (κ2) is 9.04. The van der Waals surface area contributed by atoms with Crippen molar-refractivity contribution in [2.75, 3.05) is 17.6 Å². The summed E-state index contributed by atoms with van der Waals surface area (Å²) in [5.74, 6) is 0.0948. The van der Waals surface area contributed by atoms with E-state index in [1.807, 2.05) is 0 Å². The maximum Gasteiger partial charge on any atom is 0.315 e. The number of nitrogens with one attached hydrogen (secondary N) is 3. The molecular weight excluding hydrogens is 443 g/mol. The number of carbonyl (C=O) groups excluding carboxylic acids is 1. The first kappa shape index (κ1) is 19.4. The zero-order valence-electron chi connectivity index (χ0n) is 13.9. The van der Waals surface area contributed by atoms with Gasteiger partial charge in [0, 0.05) is 24.0 Å². The third-order valence-electron chi connectivity index (χ3n) is 3.50. The van der Waals surface area contributed by atoms with E-state index in [0.717, 1.165) is 12.8 Å². The minimum Gasteiger partial charge on any atom is -0.409 e. The molecule has 0 spiro atoms. The van der Waals surface area contributed by atoms with E-state index in [2.05, 4.69) is 47.3 Å². The second-order valence-corrected chi connectivity index (χ2v) is 7.58. The Kier molecular flexibility index (Phi) is 6.50. The zero-order chi connectivity index (χ0) is 19.2. The van der Waals surface area contributed by atoms with Crippen LogP contribution in [0.4, 0.5) is 14.9 Å². The van der Waals surface area contributed by atoms with Crippen molar-refractivity contribution in [3.63, 3.8) is 0 Å². The SMILES string of the molecule is O=C(NCCSc1nonc1/C(=N/O)Nc1ccc(F)c(Br)c1)NC1CC1. The number of anilines is 1. The molecule has 0 saturated heterocycles. The van der Waals surface area contributed by atoms with Gasteiger partial charge in [-0.1, -0.05) is 16.9 Å². The molecule has 1 fully saturated rings. The molecule has 1 aliphatic rings. The maximum atomic E-state index is 13.3. The molecule has 1 saturated carbocycles. The Morgan fingerprint density at radius 2 is 2.26 bits per heavy atom. The van der Waals surface area contributed by atoms with Crippen molar-refractivity contribution in [3.05, 3.63) is 34.2 Å². The van der Waals surface area contributed by atoms with E-state index in [0.29, 0.717) is 29.1 Å². The Morgan fingerprint density at radius 3 is 2.96 bits per heavy atom. The van der Waals surface area contributed by atoms with E-state index in [1.165, 1.54) is 30.0 Å². The van der Waals surface area contributed by atoms with Gasteiger partial charge in [-0.15, -0.1) is 0 Å². The molecule has 1 aromatic carbocycles. The number of benzene rings is 1. The summed E-state index contributed by atoms with van der Waals surface area (Å²) in [6.45, 7) is 0.416. The van der Waals surface area contributed by atoms with E-state index < -0.39 is 5.82 Å². The molecule has 12 heteroatoms. The lowest BCUT2D eigenvalue weighted by Crippen LogP contribution is -2.37. The molecular formula is C15H16BrFN6O3S. The fraction of sp³-hybridized carbons (Fsp3) is 0.333. The van der Waals surface area contributed by atoms with Crippen LogP contribution in [0.25, 0.3) is 0 Å². The lowest BCUT2D eigenvalue weighted by molar-refractivity contribution is 0.241. The minimum absolute atomic E-state index is 0.00306. The summed E-state index contributed by atoms with van der Waals surface area (Å²) in [6.07, 6.45) is 2.05. The molecule has 2 amide bonds. The smallest absolute Gasteiger partial charge is 0.315 e. The summed E-state index contributed by atoms with van der Waals surface area (Å²) >= 11 is 4.36. The molecule has 27 heavy (non-hydrogen) atoms. The van der Waals surface area contributed by atoms with E-state index in [4.69, 9.17) is 4.63 Å². The highest BCUT2D eigenvalue weighted by Crippen LogP contribution is 2.23. The summed E-state index contributed by atoms with van der Waals surface area (Å²) < 4.78 is 18.3. The number of carbonyl (C=O) groups is 1. The number of urea groups is 1. The van der Waals surface area contributed by atoms with Gasteiger partial charge in [-0.2, -0.15) is 0 Å². The quantitative estimate of drug-likeness (QED) is 0.125. The summed E-state index contributed by atoms with van der Waals surface area (Å²) in [6, 6.07) is 4.33. The Morgan fingerprint density at radius 1 is 1.44 bits per heavy atom. The van der Waals surface area contributed by atoms with Crippen molar-refractivity contribution in [1.82, 2.24) is 20.9 Å². The molecule has 3 rings (SSSR count). The van der Waals surface area contributed by atoms with Gasteiger partial charge in [-0.05, 0) is 57.3 Å². The van der Waals surface area contributed by atoms with Gasteiger partial charge >= 0.3 is 6.03 Å². The molecule has 0 radical (unpaired) electrons. The van der Waals surface area contributed by atoms with Crippen LogP contribution >= 0.6 is 27.7 Å². The Hall–Kier alpha value is -2.34. The van der Waals surface area contributed by atoms with Gasteiger partial charge in [-0.3, -0.25) is 0 Å². The Bertz CT molecular complexity index is 845. The van der Waals surface area contributed by atoms with Crippen LogP contribution in [0.15, 0.2) is 37.5 Å². The summed E-state index contributed by atoms with van der Waals surface area (Å²) in [5, 5.41) is 28.8. The van der Waals surface area contributed by atoms with Crippen molar-refractivity contribution < 1.29 is 19.0 Å². The largest absolute Gasteiger partial charge is 0.409 e. The number of amides is 2. The summed E-state index contributed by atoms with van der Waals surface area (Å²) in [4.78, 5) is 11.6. The van der Waals surface area contributed by atoms with Crippen molar-refractivity contribution in [1.29, 1.82) is 0 Å². The monoisotopic (exact) mass is 458 g/mol. The van der Waals surface area contributed by atoms with E-state index in [9.17, 15) is 14.4 Å². The number of hydrogen-bond acceptors (Lipinski definition) is 7. The minimum atomic E-state index is -0.416. The number of nitrogens with zero attached hydrogens (tertiary/aromatic N) is 3. The number of hydrogen-bond donors (Lipinski definition) is 4. The van der Waals surface area contributed by atoms with Gasteiger partial charge in [0.05, 0.1) is 4.47 Å². The standard InChI is InChI=1S/C15H16BrFN6O3S/c16-10-7-9(3-4-11(10)17)19-13(21-25)12-14(23-26-22-12)27-6-5-18-15(24)20-8-1-2-8/h3-4,7-8,25H,1-2,5-6H2,(H,19,21)(H2,18,20,24). The predicted octanol–water partition coefficient (Wildman–Crippen LogP) is 2.77. The van der Waals surface area contributed by atoms with Crippen LogP contribution in [-0.4, -0.2) is 45.7 Å². The average Bonchev–Trinajstić information content (AvgIpc) is 3.34. The number of oxime groups is 1. The van der Waals surface area contributed by atoms with Crippen LogP contribution < -0.4 is 16.0 Å². The normalized spacial score (nSPS) is 14.1. The van der Waals surface area contributed by atoms with Crippen molar-refractivity contribution in [2.24, 2.45) is 5.16 Å². The fourth-order valence-corrected chi connectivity index (χ4v) is 3.17. The Balaban J connectivity index is 1.55. The van der Waals surface area contributed by atoms with Crippen LogP contribution in [-0.2, 0) is 0 Å². The zero-order valence-corrected chi connectivity index (χ0v) is 16.3. The molecule has 0 unspecified atom stereocenters. The number of halogens is 2. The molecule has 0 aliphatic heterocycles. The van der Waals surface area contributed by atoms with Crippen LogP contribution in [0.1, 0.15) is 18.5 Å². The number of rotatable bonds is 7. The molecule has 1 aromatic heterocycles. The average molecular weight is 459 g/mol. The molecule has 144 valence electrons. The number of amidine groups is 1. The summed E-state index contributed by atoms with van der Waals surface area (Å²) in [7, 11) is 0. The van der Waals surface area contributed by atoms with Crippen LogP contribution in [0.2, 0.25) is 0 Å². The first-order valence-corrected chi connectivity index (χ1v) is 9.79. The highest BCUT2D eigenvalue weighted by Gasteiger charge is 2.23. The highest BCUT2D eigenvalue weighted by molar-refractivity contribution is 9.10. The van der Waals surface area contributed by atoms with Crippen molar-refractivity contribution in [2.45, 2.75) is 23.9 Å². The van der Waals surface area contributed by atoms with Gasteiger partial charge in [0.1, 0.15) is 5.82 Å². The van der Waals surface area contributed by atoms with Gasteiger partial charge < -0.3 is 21.2 Å². The first-order chi connectivity index (χ1) is 13.1. The van der Waals surface area contributed by atoms with Gasteiger partial charge in [0.25, 0.3) is 0 Å². The Labute approximate surface area is 166 Å².